The first kappa shape index (κ1) is 13.9. The van der Waals surface area contributed by atoms with Crippen LogP contribution in [0.3, 0.4) is 0 Å². The Bertz CT molecular complexity index is 130. The van der Waals surface area contributed by atoms with Crippen LogP contribution in [0.25, 0.3) is 0 Å². The zero-order chi connectivity index (χ0) is 11.1. The Hall–Kier alpha value is -0.135. The molecule has 0 bridgehead atoms. The third-order valence-corrected chi connectivity index (χ3v) is 1.23. The van der Waals surface area contributed by atoms with Gasteiger partial charge < -0.3 is 24.2 Å². The van der Waals surface area contributed by atoms with E-state index in [9.17, 15) is 0 Å². The lowest BCUT2D eigenvalue weighted by molar-refractivity contribution is -0.196. The van der Waals surface area contributed by atoms with Gasteiger partial charge in [0.25, 0.3) is 0 Å². The molecule has 0 amide bonds. The summed E-state index contributed by atoms with van der Waals surface area (Å²) >= 11 is 0. The minimum Gasteiger partial charge on any atom is -0.402 e. The second kappa shape index (κ2) is 7.20. The van der Waals surface area contributed by atoms with Gasteiger partial charge in [0.05, 0.1) is 18.8 Å². The molecule has 0 spiro atoms. The highest BCUT2D eigenvalue weighted by Gasteiger charge is 2.17. The molecule has 0 aromatic carbocycles. The van der Waals surface area contributed by atoms with Gasteiger partial charge in [-0.05, 0) is 27.7 Å². The van der Waals surface area contributed by atoms with Gasteiger partial charge in [-0.3, -0.25) is 0 Å². The van der Waals surface area contributed by atoms with E-state index in [2.05, 4.69) is 4.65 Å². The zero-order valence-electron chi connectivity index (χ0n) is 9.14. The maximum absolute atomic E-state index is 8.49. The van der Waals surface area contributed by atoms with Crippen molar-refractivity contribution in [2.45, 2.75) is 46.2 Å². The number of rotatable bonds is 7. The van der Waals surface area contributed by atoms with Crippen molar-refractivity contribution in [2.24, 2.45) is 0 Å². The quantitative estimate of drug-likeness (QED) is 0.458. The van der Waals surface area contributed by atoms with Crippen LogP contribution in [0.4, 0.5) is 0 Å². The Balaban J connectivity index is 3.84. The highest BCUT2D eigenvalue weighted by Crippen LogP contribution is 2.04. The maximum atomic E-state index is 8.49. The van der Waals surface area contributed by atoms with Crippen LogP contribution in [0.2, 0.25) is 0 Å². The second-order valence-electron chi connectivity index (χ2n) is 3.46. The van der Waals surface area contributed by atoms with E-state index in [1.165, 1.54) is 0 Å². The highest BCUT2D eigenvalue weighted by molar-refractivity contribution is 6.32. The predicted molar refractivity (Wildman–Crippen MR) is 52.4 cm³/mol. The summed E-state index contributed by atoms with van der Waals surface area (Å²) in [5.41, 5.74) is 0. The molecule has 0 aromatic rings. The fourth-order valence-electron chi connectivity index (χ4n) is 0.882. The van der Waals surface area contributed by atoms with Crippen LogP contribution < -0.4 is 0 Å². The van der Waals surface area contributed by atoms with Gasteiger partial charge in [-0.2, -0.15) is 0 Å². The molecule has 0 aliphatic rings. The lowest BCUT2D eigenvalue weighted by Crippen LogP contribution is -2.32. The van der Waals surface area contributed by atoms with E-state index in [1.807, 2.05) is 27.7 Å². The van der Waals surface area contributed by atoms with Crippen molar-refractivity contribution in [1.29, 1.82) is 0 Å². The van der Waals surface area contributed by atoms with Crippen molar-refractivity contribution >= 4 is 7.32 Å². The van der Waals surface area contributed by atoms with E-state index in [0.717, 1.165) is 0 Å². The molecule has 0 saturated carbocycles. The summed E-state index contributed by atoms with van der Waals surface area (Å²) in [5, 5.41) is 17.0. The molecule has 0 aliphatic heterocycles. The summed E-state index contributed by atoms with van der Waals surface area (Å²) in [6.45, 7) is 7.46. The van der Waals surface area contributed by atoms with Crippen LogP contribution in [-0.4, -0.2) is 42.5 Å². The van der Waals surface area contributed by atoms with Gasteiger partial charge in [-0.1, -0.05) is 0 Å². The SMILES string of the molecule is CC(C)OC(COB(O)O)OC(C)C. The van der Waals surface area contributed by atoms with Crippen molar-refractivity contribution in [3.63, 3.8) is 0 Å². The van der Waals surface area contributed by atoms with Gasteiger partial charge in [0, 0.05) is 0 Å². The summed E-state index contributed by atoms with van der Waals surface area (Å²) < 4.78 is 15.3. The third-order valence-electron chi connectivity index (χ3n) is 1.23. The summed E-state index contributed by atoms with van der Waals surface area (Å²) in [5.74, 6) is 0. The molecule has 0 aromatic heterocycles. The molecule has 5 nitrogen and oxygen atoms in total. The largest absolute Gasteiger partial charge is 0.634 e. The van der Waals surface area contributed by atoms with Crippen LogP contribution >= 0.6 is 0 Å². The number of hydrogen-bond donors (Lipinski definition) is 2. The van der Waals surface area contributed by atoms with Crippen molar-refractivity contribution in [3.8, 4) is 0 Å². The molecule has 0 heterocycles. The molecule has 6 heteroatoms. The van der Waals surface area contributed by atoms with E-state index < -0.39 is 13.6 Å². The average molecular weight is 206 g/mol. The van der Waals surface area contributed by atoms with Crippen LogP contribution in [-0.2, 0) is 14.1 Å². The van der Waals surface area contributed by atoms with Crippen LogP contribution in [0.5, 0.6) is 0 Å². The van der Waals surface area contributed by atoms with Crippen molar-refractivity contribution < 1.29 is 24.2 Å². The van der Waals surface area contributed by atoms with Crippen LogP contribution in [0, 0.1) is 0 Å². The normalized spacial score (nSPS) is 11.8. The lowest BCUT2D eigenvalue weighted by Gasteiger charge is -2.22. The van der Waals surface area contributed by atoms with Crippen molar-refractivity contribution in [1.82, 2.24) is 0 Å². The predicted octanol–water partition coefficient (Wildman–Crippen LogP) is 0.149. The summed E-state index contributed by atoms with van der Waals surface area (Å²) in [7, 11) is -1.79. The molecule has 0 atom stereocenters. The zero-order valence-corrected chi connectivity index (χ0v) is 9.14. The van der Waals surface area contributed by atoms with E-state index in [4.69, 9.17) is 19.5 Å². The van der Waals surface area contributed by atoms with Crippen LogP contribution in [0.15, 0.2) is 0 Å². The first-order valence-electron chi connectivity index (χ1n) is 4.70. The number of hydrogen-bond acceptors (Lipinski definition) is 5. The monoisotopic (exact) mass is 206 g/mol. The lowest BCUT2D eigenvalue weighted by atomic mass is 10.3. The Morgan fingerprint density at radius 3 is 1.71 bits per heavy atom. The molecule has 0 radical (unpaired) electrons. The van der Waals surface area contributed by atoms with E-state index >= 15 is 0 Å². The topological polar surface area (TPSA) is 68.2 Å². The summed E-state index contributed by atoms with van der Waals surface area (Å²) in [6, 6.07) is 0. The first-order valence-corrected chi connectivity index (χ1v) is 4.70. The van der Waals surface area contributed by atoms with E-state index in [0.29, 0.717) is 0 Å². The molecule has 0 rings (SSSR count). The first-order chi connectivity index (χ1) is 6.41. The molecular formula is C8H19BO5. The Labute approximate surface area is 85.2 Å². The molecule has 0 unspecified atom stereocenters. The van der Waals surface area contributed by atoms with Gasteiger partial charge in [0.2, 0.25) is 0 Å². The van der Waals surface area contributed by atoms with E-state index in [-0.39, 0.29) is 18.8 Å². The van der Waals surface area contributed by atoms with Gasteiger partial charge in [0.15, 0.2) is 6.29 Å². The molecule has 84 valence electrons. The van der Waals surface area contributed by atoms with E-state index in [1.54, 1.807) is 0 Å². The minimum atomic E-state index is -1.79. The van der Waals surface area contributed by atoms with Gasteiger partial charge in [0.1, 0.15) is 0 Å². The Kier molecular flexibility index (Phi) is 7.13. The average Bonchev–Trinajstić information content (AvgIpc) is 1.97. The second-order valence-corrected chi connectivity index (χ2v) is 3.46. The summed E-state index contributed by atoms with van der Waals surface area (Å²) in [6.07, 6.45) is -0.576. The smallest absolute Gasteiger partial charge is 0.402 e. The van der Waals surface area contributed by atoms with Crippen LogP contribution in [0.1, 0.15) is 27.7 Å². The third kappa shape index (κ3) is 8.46. The fourth-order valence-corrected chi connectivity index (χ4v) is 0.882. The minimum absolute atomic E-state index is 0.00168. The Morgan fingerprint density at radius 2 is 1.43 bits per heavy atom. The Morgan fingerprint density at radius 1 is 1.00 bits per heavy atom. The maximum Gasteiger partial charge on any atom is 0.634 e. The van der Waals surface area contributed by atoms with Gasteiger partial charge >= 0.3 is 7.32 Å². The number of ether oxygens (including phenoxy) is 2. The molecule has 0 fully saturated rings. The molecule has 14 heavy (non-hydrogen) atoms. The highest BCUT2D eigenvalue weighted by atomic mass is 16.7. The fraction of sp³-hybridized carbons (Fsp3) is 1.00. The molecular weight excluding hydrogens is 187 g/mol. The molecule has 0 saturated heterocycles. The standard InChI is InChI=1S/C8H19BO5/c1-6(2)13-8(14-7(3)4)5-12-9(10)11/h6-8,10-11H,5H2,1-4H3. The van der Waals surface area contributed by atoms with Crippen molar-refractivity contribution in [2.75, 3.05) is 6.61 Å². The van der Waals surface area contributed by atoms with Gasteiger partial charge in [-0.25, -0.2) is 0 Å². The molecule has 0 aliphatic carbocycles. The summed E-state index contributed by atoms with van der Waals surface area (Å²) in [4.78, 5) is 0. The van der Waals surface area contributed by atoms with Gasteiger partial charge in [-0.15, -0.1) is 0 Å². The van der Waals surface area contributed by atoms with Crippen molar-refractivity contribution in [3.05, 3.63) is 0 Å². The molecule has 2 N–H and O–H groups in total.